The highest BCUT2D eigenvalue weighted by molar-refractivity contribution is 7.89. The van der Waals surface area contributed by atoms with E-state index in [0.29, 0.717) is 13.1 Å². The van der Waals surface area contributed by atoms with Crippen molar-refractivity contribution in [2.45, 2.75) is 17.7 Å². The van der Waals surface area contributed by atoms with Gasteiger partial charge < -0.3 is 4.57 Å². The zero-order valence-electron chi connectivity index (χ0n) is 19.4. The average Bonchev–Trinajstić information content (AvgIpc) is 3.53. The van der Waals surface area contributed by atoms with Gasteiger partial charge in [0.1, 0.15) is 0 Å². The molecule has 0 unspecified atom stereocenters. The maximum atomic E-state index is 12.9. The number of aromatic nitrogens is 1. The van der Waals surface area contributed by atoms with E-state index in [0.717, 1.165) is 40.6 Å². The number of carbonyl (C=O) groups excluding carboxylic acids is 1. The highest BCUT2D eigenvalue weighted by Gasteiger charge is 2.27. The maximum Gasteiger partial charge on any atom is 0.271 e. The molecule has 8 heteroatoms. The van der Waals surface area contributed by atoms with Crippen molar-refractivity contribution in [3.8, 4) is 11.3 Å². The summed E-state index contributed by atoms with van der Waals surface area (Å²) in [6.45, 7) is 1.02. The second-order valence-electron chi connectivity index (χ2n) is 8.54. The Labute approximate surface area is 204 Å². The van der Waals surface area contributed by atoms with E-state index < -0.39 is 15.9 Å². The van der Waals surface area contributed by atoms with Crippen LogP contribution in [-0.2, 0) is 17.1 Å². The van der Waals surface area contributed by atoms with Gasteiger partial charge in [-0.15, -0.1) is 0 Å². The molecule has 0 bridgehead atoms. The number of rotatable bonds is 6. The first-order valence-corrected chi connectivity index (χ1v) is 13.0. The Bertz CT molecular complexity index is 1520. The Morgan fingerprint density at radius 3 is 2.43 bits per heavy atom. The minimum Gasteiger partial charge on any atom is -0.343 e. The molecule has 0 spiro atoms. The molecule has 178 valence electrons. The fourth-order valence-corrected chi connectivity index (χ4v) is 6.16. The van der Waals surface area contributed by atoms with Crippen molar-refractivity contribution in [3.05, 3.63) is 90.0 Å². The van der Waals surface area contributed by atoms with Gasteiger partial charge in [0.05, 0.1) is 16.8 Å². The fraction of sp³-hybridized carbons (Fsp3) is 0.185. The minimum atomic E-state index is -3.60. The van der Waals surface area contributed by atoms with Crippen molar-refractivity contribution in [3.63, 3.8) is 0 Å². The zero-order valence-corrected chi connectivity index (χ0v) is 20.2. The molecule has 1 fully saturated rings. The lowest BCUT2D eigenvalue weighted by atomic mass is 10.1. The van der Waals surface area contributed by atoms with Crippen molar-refractivity contribution in [2.75, 3.05) is 13.1 Å². The topological polar surface area (TPSA) is 83.8 Å². The normalized spacial score (nSPS) is 14.7. The van der Waals surface area contributed by atoms with Crippen LogP contribution in [0.4, 0.5) is 0 Å². The molecule has 0 aliphatic carbocycles. The third-order valence-corrected chi connectivity index (χ3v) is 8.25. The number of hydrogen-bond acceptors (Lipinski definition) is 4. The molecular weight excluding hydrogens is 460 g/mol. The second kappa shape index (κ2) is 9.48. The third-order valence-electron chi connectivity index (χ3n) is 6.35. The van der Waals surface area contributed by atoms with Crippen LogP contribution < -0.4 is 5.43 Å². The monoisotopic (exact) mass is 486 g/mol. The molecule has 1 aliphatic rings. The zero-order chi connectivity index (χ0) is 24.4. The molecule has 2 heterocycles. The fourth-order valence-electron chi connectivity index (χ4n) is 4.59. The van der Waals surface area contributed by atoms with Gasteiger partial charge in [-0.2, -0.15) is 9.41 Å². The molecule has 0 radical (unpaired) electrons. The Balaban J connectivity index is 1.43. The first-order chi connectivity index (χ1) is 17.0. The Morgan fingerprint density at radius 1 is 0.943 bits per heavy atom. The van der Waals surface area contributed by atoms with Crippen LogP contribution in [-0.4, -0.2) is 42.5 Å². The quantitative estimate of drug-likeness (QED) is 0.324. The van der Waals surface area contributed by atoms with Crippen LogP contribution in [0.1, 0.15) is 28.8 Å². The molecule has 1 aliphatic heterocycles. The Kier molecular flexibility index (Phi) is 6.23. The lowest BCUT2D eigenvalue weighted by molar-refractivity contribution is 0.0955. The van der Waals surface area contributed by atoms with Gasteiger partial charge in [-0.3, -0.25) is 4.79 Å². The largest absolute Gasteiger partial charge is 0.343 e. The van der Waals surface area contributed by atoms with Crippen LogP contribution >= 0.6 is 0 Å². The number of fused-ring (bicyclic) bond motifs is 1. The summed E-state index contributed by atoms with van der Waals surface area (Å²) in [4.78, 5) is 12.9. The van der Waals surface area contributed by atoms with E-state index >= 15 is 0 Å². The molecule has 0 atom stereocenters. The van der Waals surface area contributed by atoms with E-state index in [-0.39, 0.29) is 10.5 Å². The first kappa shape index (κ1) is 23.0. The van der Waals surface area contributed by atoms with Crippen molar-refractivity contribution in [1.29, 1.82) is 0 Å². The summed E-state index contributed by atoms with van der Waals surface area (Å²) in [5, 5.41) is 5.26. The van der Waals surface area contributed by atoms with Gasteiger partial charge >= 0.3 is 0 Å². The van der Waals surface area contributed by atoms with Gasteiger partial charge in [0.15, 0.2) is 0 Å². The van der Waals surface area contributed by atoms with Gasteiger partial charge in [0, 0.05) is 42.2 Å². The summed E-state index contributed by atoms with van der Waals surface area (Å²) in [5.74, 6) is -0.471. The number of benzene rings is 3. The molecule has 0 saturated carbocycles. The van der Waals surface area contributed by atoms with Crippen LogP contribution in [0, 0.1) is 0 Å². The predicted molar refractivity (Wildman–Crippen MR) is 138 cm³/mol. The number of nitrogens with zero attached hydrogens (tertiary/aromatic N) is 3. The van der Waals surface area contributed by atoms with Gasteiger partial charge in [-0.25, -0.2) is 13.8 Å². The van der Waals surface area contributed by atoms with Crippen molar-refractivity contribution < 1.29 is 13.2 Å². The lowest BCUT2D eigenvalue weighted by Gasteiger charge is -2.15. The minimum absolute atomic E-state index is 0.122. The van der Waals surface area contributed by atoms with Crippen LogP contribution in [0.3, 0.4) is 0 Å². The van der Waals surface area contributed by atoms with Crippen LogP contribution in [0.5, 0.6) is 0 Å². The van der Waals surface area contributed by atoms with E-state index in [1.165, 1.54) is 16.4 Å². The molecular formula is C27H26N4O3S. The number of nitrogens with one attached hydrogen (secondary N) is 1. The van der Waals surface area contributed by atoms with Crippen LogP contribution in [0.15, 0.2) is 88.9 Å². The SMILES string of the molecule is Cn1c(-c2ccccc2)c(/C=N/NC(=O)c2cccc(S(=O)(=O)N3CCCC3)c2)c2ccccc21. The summed E-state index contributed by atoms with van der Waals surface area (Å²) >= 11 is 0. The molecule has 7 nitrogen and oxygen atoms in total. The van der Waals surface area contributed by atoms with Gasteiger partial charge in [-0.1, -0.05) is 54.6 Å². The maximum absolute atomic E-state index is 12.9. The number of sulfonamides is 1. The standard InChI is InChI=1S/C27H26N4O3S/c1-30-25-15-6-5-14-23(25)24(26(30)20-10-3-2-4-11-20)19-28-29-27(32)21-12-9-13-22(18-21)35(33,34)31-16-7-8-17-31/h2-6,9-15,18-19H,7-8,16-17H2,1H3,(H,29,32)/b28-19+. The highest BCUT2D eigenvalue weighted by Crippen LogP contribution is 2.31. The van der Waals surface area contributed by atoms with Crippen LogP contribution in [0.2, 0.25) is 0 Å². The summed E-state index contributed by atoms with van der Waals surface area (Å²) in [6, 6.07) is 24.1. The van der Waals surface area contributed by atoms with E-state index in [2.05, 4.69) is 15.1 Å². The molecule has 3 aromatic carbocycles. The van der Waals surface area contributed by atoms with E-state index in [1.54, 1.807) is 18.3 Å². The number of aryl methyl sites for hydroxylation is 1. The van der Waals surface area contributed by atoms with E-state index in [4.69, 9.17) is 0 Å². The first-order valence-electron chi connectivity index (χ1n) is 11.5. The van der Waals surface area contributed by atoms with Crippen molar-refractivity contribution in [2.24, 2.45) is 12.1 Å². The predicted octanol–water partition coefficient (Wildman–Crippen LogP) is 4.39. The third kappa shape index (κ3) is 4.38. The molecule has 1 saturated heterocycles. The average molecular weight is 487 g/mol. The molecule has 1 N–H and O–H groups in total. The smallest absolute Gasteiger partial charge is 0.271 e. The number of carbonyl (C=O) groups is 1. The number of amides is 1. The van der Waals surface area contributed by atoms with E-state index in [1.807, 2.05) is 61.6 Å². The summed E-state index contributed by atoms with van der Waals surface area (Å²) in [6.07, 6.45) is 3.36. The number of para-hydroxylation sites is 1. The van der Waals surface area contributed by atoms with Gasteiger partial charge in [-0.05, 0) is 42.7 Å². The van der Waals surface area contributed by atoms with Crippen molar-refractivity contribution >= 4 is 33.0 Å². The molecule has 4 aromatic rings. The second-order valence-corrected chi connectivity index (χ2v) is 10.5. The van der Waals surface area contributed by atoms with E-state index in [9.17, 15) is 13.2 Å². The van der Waals surface area contributed by atoms with Gasteiger partial charge in [0.2, 0.25) is 10.0 Å². The highest BCUT2D eigenvalue weighted by atomic mass is 32.2. The molecule has 5 rings (SSSR count). The summed E-state index contributed by atoms with van der Waals surface area (Å²) in [7, 11) is -1.60. The number of hydrogen-bond donors (Lipinski definition) is 1. The number of hydrazone groups is 1. The summed E-state index contributed by atoms with van der Waals surface area (Å²) < 4.78 is 29.3. The Hall–Kier alpha value is -3.75. The van der Waals surface area contributed by atoms with Crippen LogP contribution in [0.25, 0.3) is 22.2 Å². The van der Waals surface area contributed by atoms with Crippen molar-refractivity contribution in [1.82, 2.24) is 14.3 Å². The lowest BCUT2D eigenvalue weighted by Crippen LogP contribution is -2.28. The molecule has 1 amide bonds. The summed E-state index contributed by atoms with van der Waals surface area (Å²) in [5.41, 5.74) is 6.77. The van der Waals surface area contributed by atoms with Gasteiger partial charge in [0.25, 0.3) is 5.91 Å². The Morgan fingerprint density at radius 2 is 1.66 bits per heavy atom. The molecule has 35 heavy (non-hydrogen) atoms. The molecule has 1 aromatic heterocycles.